The third-order valence-corrected chi connectivity index (χ3v) is 3.93. The number of hydrogen-bond donors (Lipinski definition) is 3. The van der Waals surface area contributed by atoms with E-state index in [1.165, 1.54) is 16.7 Å². The second-order valence-corrected chi connectivity index (χ2v) is 5.47. The van der Waals surface area contributed by atoms with Crippen LogP contribution in [0.15, 0.2) is 5.38 Å². The molecule has 1 fully saturated rings. The van der Waals surface area contributed by atoms with E-state index in [9.17, 15) is 9.59 Å². The quantitative estimate of drug-likeness (QED) is 0.713. The van der Waals surface area contributed by atoms with E-state index in [1.54, 1.807) is 0 Å². The number of carbonyl (C=O) groups is 2. The highest BCUT2D eigenvalue weighted by atomic mass is 32.1. The van der Waals surface area contributed by atoms with Gasteiger partial charge < -0.3 is 15.7 Å². The normalized spacial score (nSPS) is 18.4. The lowest BCUT2D eigenvalue weighted by Crippen LogP contribution is -2.32. The second-order valence-electron chi connectivity index (χ2n) is 4.53. The Kier molecular flexibility index (Phi) is 4.86. The van der Waals surface area contributed by atoms with Gasteiger partial charge in [0.15, 0.2) is 5.69 Å². The van der Waals surface area contributed by atoms with Crippen LogP contribution in [0.3, 0.4) is 0 Å². The van der Waals surface area contributed by atoms with E-state index in [0.29, 0.717) is 25.4 Å². The maximum absolute atomic E-state index is 11.6. The molecular weight excluding hydrogens is 266 g/mol. The van der Waals surface area contributed by atoms with Gasteiger partial charge in [-0.3, -0.25) is 4.79 Å². The Bertz CT molecular complexity index is 455. The van der Waals surface area contributed by atoms with Crippen molar-refractivity contribution in [2.24, 2.45) is 0 Å². The third kappa shape index (κ3) is 4.29. The fourth-order valence-electron chi connectivity index (χ4n) is 2.06. The number of thiazole rings is 1. The number of nitrogens with one attached hydrogen (secondary N) is 2. The lowest BCUT2D eigenvalue weighted by molar-refractivity contribution is -0.121. The van der Waals surface area contributed by atoms with Gasteiger partial charge in [0.1, 0.15) is 0 Å². The molecule has 0 spiro atoms. The van der Waals surface area contributed by atoms with Crippen LogP contribution in [-0.2, 0) is 11.2 Å². The van der Waals surface area contributed by atoms with Gasteiger partial charge in [-0.05, 0) is 19.4 Å². The molecule has 104 valence electrons. The highest BCUT2D eigenvalue weighted by Crippen LogP contribution is 2.10. The number of carbonyl (C=O) groups excluding carboxylic acids is 1. The summed E-state index contributed by atoms with van der Waals surface area (Å²) >= 11 is 1.31. The van der Waals surface area contributed by atoms with Crippen LogP contribution < -0.4 is 10.6 Å². The minimum absolute atomic E-state index is 0.0365. The van der Waals surface area contributed by atoms with Crippen molar-refractivity contribution in [2.75, 3.05) is 13.1 Å². The number of rotatable bonds is 6. The Hall–Kier alpha value is -1.47. The van der Waals surface area contributed by atoms with Crippen molar-refractivity contribution >= 4 is 23.2 Å². The number of carboxylic acids is 1. The first kappa shape index (κ1) is 14.0. The molecule has 0 aliphatic carbocycles. The van der Waals surface area contributed by atoms with Crippen LogP contribution in [0, 0.1) is 0 Å². The summed E-state index contributed by atoms with van der Waals surface area (Å²) in [6, 6.07) is 0.304. The Balaban J connectivity index is 1.67. The smallest absolute Gasteiger partial charge is 0.355 e. The molecule has 0 saturated carbocycles. The fourth-order valence-corrected chi connectivity index (χ4v) is 2.83. The minimum Gasteiger partial charge on any atom is -0.476 e. The molecule has 1 amide bonds. The Labute approximate surface area is 115 Å². The minimum atomic E-state index is -1.01. The van der Waals surface area contributed by atoms with Crippen molar-refractivity contribution in [3.8, 4) is 0 Å². The molecule has 2 rings (SSSR count). The second kappa shape index (κ2) is 6.63. The number of carboxylic acid groups (broad SMARTS) is 1. The molecule has 0 aromatic carbocycles. The van der Waals surface area contributed by atoms with E-state index < -0.39 is 5.97 Å². The zero-order valence-corrected chi connectivity index (χ0v) is 11.3. The van der Waals surface area contributed by atoms with Gasteiger partial charge in [0, 0.05) is 30.8 Å². The largest absolute Gasteiger partial charge is 0.476 e. The van der Waals surface area contributed by atoms with Crippen molar-refractivity contribution in [1.29, 1.82) is 0 Å². The van der Waals surface area contributed by atoms with E-state index in [2.05, 4.69) is 15.6 Å². The van der Waals surface area contributed by atoms with E-state index in [0.717, 1.165) is 24.4 Å². The lowest BCUT2D eigenvalue weighted by atomic mass is 10.1. The SMILES string of the molecule is O=C(CC1CCCN1)NCCc1nc(C(=O)O)cs1. The zero-order chi connectivity index (χ0) is 13.7. The Morgan fingerprint density at radius 3 is 3.05 bits per heavy atom. The van der Waals surface area contributed by atoms with Crippen LogP contribution in [0.5, 0.6) is 0 Å². The van der Waals surface area contributed by atoms with E-state index >= 15 is 0 Å². The van der Waals surface area contributed by atoms with E-state index in [1.807, 2.05) is 0 Å². The standard InChI is InChI=1S/C12H17N3O3S/c16-10(6-8-2-1-4-13-8)14-5-3-11-15-9(7-19-11)12(17)18/h7-8,13H,1-6H2,(H,14,16)(H,17,18). The van der Waals surface area contributed by atoms with Gasteiger partial charge in [0.25, 0.3) is 0 Å². The van der Waals surface area contributed by atoms with Crippen LogP contribution in [0.2, 0.25) is 0 Å². The molecule has 1 aliphatic rings. The number of nitrogens with zero attached hydrogens (tertiary/aromatic N) is 1. The Morgan fingerprint density at radius 1 is 1.58 bits per heavy atom. The summed E-state index contributed by atoms with van der Waals surface area (Å²) < 4.78 is 0. The van der Waals surface area contributed by atoms with Gasteiger partial charge in [-0.25, -0.2) is 9.78 Å². The summed E-state index contributed by atoms with van der Waals surface area (Å²) in [5, 5.41) is 17.1. The average molecular weight is 283 g/mol. The monoisotopic (exact) mass is 283 g/mol. The van der Waals surface area contributed by atoms with Crippen molar-refractivity contribution < 1.29 is 14.7 Å². The topological polar surface area (TPSA) is 91.3 Å². The molecule has 7 heteroatoms. The highest BCUT2D eigenvalue weighted by Gasteiger charge is 2.17. The van der Waals surface area contributed by atoms with E-state index in [4.69, 9.17) is 5.11 Å². The molecule has 1 unspecified atom stereocenters. The fraction of sp³-hybridized carbons (Fsp3) is 0.583. The van der Waals surface area contributed by atoms with Gasteiger partial charge in [0.05, 0.1) is 5.01 Å². The van der Waals surface area contributed by atoms with Crippen molar-refractivity contribution in [1.82, 2.24) is 15.6 Å². The van der Waals surface area contributed by atoms with Gasteiger partial charge in [0.2, 0.25) is 5.91 Å². The van der Waals surface area contributed by atoms with Crippen LogP contribution in [0.4, 0.5) is 0 Å². The van der Waals surface area contributed by atoms with Crippen molar-refractivity contribution in [3.05, 3.63) is 16.1 Å². The molecule has 1 saturated heterocycles. The third-order valence-electron chi connectivity index (χ3n) is 3.03. The number of aromatic nitrogens is 1. The van der Waals surface area contributed by atoms with Crippen LogP contribution in [0.25, 0.3) is 0 Å². The predicted octanol–water partition coefficient (Wildman–Crippen LogP) is 0.642. The molecule has 1 aliphatic heterocycles. The van der Waals surface area contributed by atoms with E-state index in [-0.39, 0.29) is 11.6 Å². The Morgan fingerprint density at radius 2 is 2.42 bits per heavy atom. The predicted molar refractivity (Wildman–Crippen MR) is 71.4 cm³/mol. The number of aromatic carboxylic acids is 1. The average Bonchev–Trinajstić information content (AvgIpc) is 3.00. The maximum Gasteiger partial charge on any atom is 0.355 e. The molecule has 0 radical (unpaired) electrons. The summed E-state index contributed by atoms with van der Waals surface area (Å²) in [7, 11) is 0. The lowest BCUT2D eigenvalue weighted by Gasteiger charge is -2.09. The van der Waals surface area contributed by atoms with Crippen molar-refractivity contribution in [3.63, 3.8) is 0 Å². The summed E-state index contributed by atoms with van der Waals surface area (Å²) in [4.78, 5) is 26.3. The molecule has 19 heavy (non-hydrogen) atoms. The summed E-state index contributed by atoms with van der Waals surface area (Å²) in [6.45, 7) is 1.49. The van der Waals surface area contributed by atoms with Gasteiger partial charge in [-0.15, -0.1) is 11.3 Å². The van der Waals surface area contributed by atoms with Crippen LogP contribution in [-0.4, -0.2) is 41.1 Å². The van der Waals surface area contributed by atoms with Crippen molar-refractivity contribution in [2.45, 2.75) is 31.7 Å². The molecule has 1 aromatic heterocycles. The molecular formula is C12H17N3O3S. The first-order chi connectivity index (χ1) is 9.15. The molecule has 2 heterocycles. The van der Waals surface area contributed by atoms with Gasteiger partial charge >= 0.3 is 5.97 Å². The zero-order valence-electron chi connectivity index (χ0n) is 10.5. The maximum atomic E-state index is 11.6. The van der Waals surface area contributed by atoms with Crippen LogP contribution >= 0.6 is 11.3 Å². The first-order valence-electron chi connectivity index (χ1n) is 6.33. The first-order valence-corrected chi connectivity index (χ1v) is 7.21. The summed E-state index contributed by atoms with van der Waals surface area (Å²) in [5.41, 5.74) is 0.0708. The van der Waals surface area contributed by atoms with Gasteiger partial charge in [-0.1, -0.05) is 0 Å². The molecule has 1 atom stereocenters. The number of hydrogen-bond acceptors (Lipinski definition) is 5. The number of amides is 1. The molecule has 1 aromatic rings. The van der Waals surface area contributed by atoms with Gasteiger partial charge in [-0.2, -0.15) is 0 Å². The highest BCUT2D eigenvalue weighted by molar-refractivity contribution is 7.09. The molecule has 3 N–H and O–H groups in total. The molecule has 6 nitrogen and oxygen atoms in total. The summed E-state index contributed by atoms with van der Waals surface area (Å²) in [6.07, 6.45) is 3.27. The van der Waals surface area contributed by atoms with Crippen LogP contribution in [0.1, 0.15) is 34.8 Å². The molecule has 0 bridgehead atoms. The summed E-state index contributed by atoms with van der Waals surface area (Å²) in [5.74, 6) is -0.978.